The van der Waals surface area contributed by atoms with Crippen LogP contribution in [-0.4, -0.2) is 10.9 Å². The Kier molecular flexibility index (Phi) is 1.87. The first-order valence-electron chi connectivity index (χ1n) is 2.53. The van der Waals surface area contributed by atoms with Crippen molar-refractivity contribution in [2.75, 3.05) is 0 Å². The molecule has 4 heteroatoms. The summed E-state index contributed by atoms with van der Waals surface area (Å²) >= 11 is 5.47. The molecule has 0 spiro atoms. The zero-order valence-electron chi connectivity index (χ0n) is 4.97. The largest absolute Gasteiger partial charge is 0.364 e. The molecule has 0 aliphatic rings. The van der Waals surface area contributed by atoms with E-state index in [0.717, 1.165) is 0 Å². The van der Waals surface area contributed by atoms with E-state index in [4.69, 9.17) is 17.3 Å². The van der Waals surface area contributed by atoms with Gasteiger partial charge in [-0.25, -0.2) is 4.98 Å². The van der Waals surface area contributed by atoms with Crippen molar-refractivity contribution >= 4 is 17.5 Å². The average Bonchev–Trinajstić information content (AvgIpc) is 1.88. The standard InChI is InChI=1S/C6H4ClN2O/c7-4-1-2-5(6(8)10)9-3-4/h1,3H,(H2,8,10). The van der Waals surface area contributed by atoms with Gasteiger partial charge in [-0.05, 0) is 6.07 Å². The van der Waals surface area contributed by atoms with E-state index in [-0.39, 0.29) is 5.69 Å². The van der Waals surface area contributed by atoms with Gasteiger partial charge in [0.25, 0.3) is 5.91 Å². The molecule has 0 aliphatic heterocycles. The SMILES string of the molecule is NC(=O)c1[c]cc(Cl)cn1. The van der Waals surface area contributed by atoms with Crippen molar-refractivity contribution in [1.82, 2.24) is 4.98 Å². The van der Waals surface area contributed by atoms with Crippen molar-refractivity contribution in [3.05, 3.63) is 29.0 Å². The molecule has 0 atom stereocenters. The molecule has 1 rings (SSSR count). The summed E-state index contributed by atoms with van der Waals surface area (Å²) in [5.74, 6) is -0.600. The summed E-state index contributed by atoms with van der Waals surface area (Å²) in [6.07, 6.45) is 1.35. The van der Waals surface area contributed by atoms with Crippen LogP contribution in [0.1, 0.15) is 10.5 Å². The molecule has 1 radical (unpaired) electrons. The predicted octanol–water partition coefficient (Wildman–Crippen LogP) is 0.634. The van der Waals surface area contributed by atoms with Gasteiger partial charge in [0.1, 0.15) is 5.69 Å². The summed E-state index contributed by atoms with van der Waals surface area (Å²) in [6.45, 7) is 0. The number of carbonyl (C=O) groups excluding carboxylic acids is 1. The number of halogens is 1. The maximum absolute atomic E-state index is 10.4. The number of hydrogen-bond acceptors (Lipinski definition) is 2. The van der Waals surface area contributed by atoms with Crippen molar-refractivity contribution in [1.29, 1.82) is 0 Å². The van der Waals surface area contributed by atoms with Crippen LogP contribution in [-0.2, 0) is 0 Å². The average molecular weight is 156 g/mol. The number of hydrogen-bond donors (Lipinski definition) is 1. The number of primary amides is 1. The molecule has 0 saturated heterocycles. The van der Waals surface area contributed by atoms with Gasteiger partial charge in [0.2, 0.25) is 0 Å². The number of amides is 1. The van der Waals surface area contributed by atoms with E-state index in [0.29, 0.717) is 5.02 Å². The number of pyridine rings is 1. The van der Waals surface area contributed by atoms with E-state index in [1.165, 1.54) is 12.3 Å². The van der Waals surface area contributed by atoms with Crippen LogP contribution in [0.4, 0.5) is 0 Å². The lowest BCUT2D eigenvalue weighted by molar-refractivity contribution is 0.0995. The van der Waals surface area contributed by atoms with E-state index in [2.05, 4.69) is 11.1 Å². The lowest BCUT2D eigenvalue weighted by Gasteiger charge is -1.90. The van der Waals surface area contributed by atoms with Crippen molar-refractivity contribution in [3.8, 4) is 0 Å². The van der Waals surface area contributed by atoms with Gasteiger partial charge >= 0.3 is 0 Å². The van der Waals surface area contributed by atoms with Gasteiger partial charge in [0, 0.05) is 12.3 Å². The van der Waals surface area contributed by atoms with Crippen LogP contribution in [0, 0.1) is 6.07 Å². The van der Waals surface area contributed by atoms with E-state index in [9.17, 15) is 4.79 Å². The number of nitrogens with zero attached hydrogens (tertiary/aromatic N) is 1. The van der Waals surface area contributed by atoms with Gasteiger partial charge < -0.3 is 5.73 Å². The molecule has 1 heterocycles. The number of rotatable bonds is 1. The highest BCUT2D eigenvalue weighted by Crippen LogP contribution is 2.04. The molecule has 1 amide bonds. The van der Waals surface area contributed by atoms with Gasteiger partial charge in [0.05, 0.1) is 5.02 Å². The highest BCUT2D eigenvalue weighted by atomic mass is 35.5. The van der Waals surface area contributed by atoms with Crippen LogP contribution in [0.3, 0.4) is 0 Å². The summed E-state index contributed by atoms with van der Waals surface area (Å²) in [5.41, 5.74) is 4.99. The van der Waals surface area contributed by atoms with Gasteiger partial charge in [0.15, 0.2) is 0 Å². The Morgan fingerprint density at radius 1 is 1.80 bits per heavy atom. The van der Waals surface area contributed by atoms with E-state index in [1.54, 1.807) is 0 Å². The van der Waals surface area contributed by atoms with Gasteiger partial charge in [-0.2, -0.15) is 0 Å². The normalized spacial score (nSPS) is 9.30. The van der Waals surface area contributed by atoms with Gasteiger partial charge in [-0.3, -0.25) is 4.79 Å². The molecular weight excluding hydrogens is 152 g/mol. The Bertz CT molecular complexity index is 244. The molecule has 3 nitrogen and oxygen atoms in total. The topological polar surface area (TPSA) is 56.0 Å². The zero-order chi connectivity index (χ0) is 7.56. The molecule has 1 aromatic heterocycles. The van der Waals surface area contributed by atoms with Crippen molar-refractivity contribution in [3.63, 3.8) is 0 Å². The number of aromatic nitrogens is 1. The molecule has 0 saturated carbocycles. The first-order chi connectivity index (χ1) is 4.70. The summed E-state index contributed by atoms with van der Waals surface area (Å²) in [7, 11) is 0. The second kappa shape index (κ2) is 2.66. The lowest BCUT2D eigenvalue weighted by Crippen LogP contribution is -2.12. The molecule has 2 N–H and O–H groups in total. The highest BCUT2D eigenvalue weighted by molar-refractivity contribution is 6.30. The molecule has 0 bridgehead atoms. The molecule has 0 aliphatic carbocycles. The first-order valence-corrected chi connectivity index (χ1v) is 2.91. The number of carbonyl (C=O) groups is 1. The molecule has 0 aromatic carbocycles. The van der Waals surface area contributed by atoms with Crippen molar-refractivity contribution in [2.24, 2.45) is 5.73 Å². The van der Waals surface area contributed by atoms with Crippen LogP contribution < -0.4 is 5.73 Å². The Balaban J connectivity index is 3.00. The molecule has 51 valence electrons. The Labute approximate surface area is 62.8 Å². The van der Waals surface area contributed by atoms with E-state index < -0.39 is 5.91 Å². The smallest absolute Gasteiger partial charge is 0.267 e. The first kappa shape index (κ1) is 7.02. The highest BCUT2D eigenvalue weighted by Gasteiger charge is 1.99. The third-order valence-corrected chi connectivity index (χ3v) is 1.10. The minimum atomic E-state index is -0.600. The van der Waals surface area contributed by atoms with E-state index >= 15 is 0 Å². The van der Waals surface area contributed by atoms with Crippen LogP contribution in [0.25, 0.3) is 0 Å². The van der Waals surface area contributed by atoms with Gasteiger partial charge in [-0.15, -0.1) is 0 Å². The number of nitrogens with two attached hydrogens (primary N) is 1. The van der Waals surface area contributed by atoms with Crippen molar-refractivity contribution < 1.29 is 4.79 Å². The summed E-state index contributed by atoms with van der Waals surface area (Å²) < 4.78 is 0. The monoisotopic (exact) mass is 155 g/mol. The van der Waals surface area contributed by atoms with Crippen molar-refractivity contribution in [2.45, 2.75) is 0 Å². The fourth-order valence-corrected chi connectivity index (χ4v) is 0.576. The summed E-state index contributed by atoms with van der Waals surface area (Å²) in [6, 6.07) is 3.96. The maximum atomic E-state index is 10.4. The molecular formula is C6H4ClN2O. The zero-order valence-corrected chi connectivity index (χ0v) is 5.72. The lowest BCUT2D eigenvalue weighted by atomic mass is 10.3. The Morgan fingerprint density at radius 2 is 2.50 bits per heavy atom. The third kappa shape index (κ3) is 1.45. The molecule has 10 heavy (non-hydrogen) atoms. The van der Waals surface area contributed by atoms with E-state index in [1.807, 2.05) is 0 Å². The Hall–Kier alpha value is -1.09. The minimum absolute atomic E-state index is 0.101. The minimum Gasteiger partial charge on any atom is -0.364 e. The molecule has 0 unspecified atom stereocenters. The third-order valence-electron chi connectivity index (χ3n) is 0.897. The fourth-order valence-electron chi connectivity index (χ4n) is 0.473. The quantitative estimate of drug-likeness (QED) is 0.647. The second-order valence-electron chi connectivity index (χ2n) is 1.64. The fraction of sp³-hybridized carbons (Fsp3) is 0. The van der Waals surface area contributed by atoms with Crippen LogP contribution >= 0.6 is 11.6 Å². The summed E-state index contributed by atoms with van der Waals surface area (Å²) in [4.78, 5) is 14.0. The predicted molar refractivity (Wildman–Crippen MR) is 36.6 cm³/mol. The van der Waals surface area contributed by atoms with Gasteiger partial charge in [-0.1, -0.05) is 11.6 Å². The van der Waals surface area contributed by atoms with Crippen LogP contribution in [0.15, 0.2) is 12.3 Å². The summed E-state index contributed by atoms with van der Waals surface area (Å²) in [5, 5.41) is 0.435. The molecule has 0 fully saturated rings. The van der Waals surface area contributed by atoms with Crippen LogP contribution in [0.5, 0.6) is 0 Å². The second-order valence-corrected chi connectivity index (χ2v) is 2.08. The Morgan fingerprint density at radius 3 is 2.90 bits per heavy atom. The van der Waals surface area contributed by atoms with Crippen LogP contribution in [0.2, 0.25) is 5.02 Å². The maximum Gasteiger partial charge on any atom is 0.267 e. The molecule has 1 aromatic rings.